The molecule has 102 valence electrons. The molecule has 0 radical (unpaired) electrons. The highest BCUT2D eigenvalue weighted by Gasteiger charge is 2.51. The maximum atomic E-state index is 12.7. The first-order chi connectivity index (χ1) is 8.99. The van der Waals surface area contributed by atoms with E-state index in [0.717, 1.165) is 30.8 Å². The van der Waals surface area contributed by atoms with E-state index in [2.05, 4.69) is 14.9 Å². The molecule has 1 atom stereocenters. The minimum absolute atomic E-state index is 0.0975. The third-order valence-corrected chi connectivity index (χ3v) is 4.39. The van der Waals surface area contributed by atoms with Crippen LogP contribution in [0.15, 0.2) is 6.20 Å². The van der Waals surface area contributed by atoms with Crippen LogP contribution in [-0.2, 0) is 4.79 Å². The van der Waals surface area contributed by atoms with Crippen molar-refractivity contribution in [2.24, 2.45) is 0 Å². The van der Waals surface area contributed by atoms with Crippen molar-refractivity contribution in [3.8, 4) is 0 Å². The minimum atomic E-state index is -0.541. The van der Waals surface area contributed by atoms with Crippen LogP contribution in [0.4, 0.5) is 11.5 Å². The second-order valence-electron chi connectivity index (χ2n) is 5.44. The van der Waals surface area contributed by atoms with Crippen molar-refractivity contribution in [1.82, 2.24) is 9.97 Å². The summed E-state index contributed by atoms with van der Waals surface area (Å²) < 4.78 is 0. The van der Waals surface area contributed by atoms with E-state index in [1.54, 1.807) is 18.1 Å². The third-order valence-electron chi connectivity index (χ3n) is 4.21. The highest BCUT2D eigenvalue weighted by atomic mass is 35.5. The highest BCUT2D eigenvalue weighted by molar-refractivity contribution is 6.28. The number of aromatic nitrogens is 2. The lowest BCUT2D eigenvalue weighted by Gasteiger charge is -2.47. The standard InChI is InChI=1S/C13H17ClN4O/c1-4-13(2)11(19)17(3)9-7-15-12(14)16-10(9)18(13)8-5-6-8/h7-8H,4-6H2,1-3H3/t13-/m1/s1. The number of fused-ring (bicyclic) bond motifs is 1. The summed E-state index contributed by atoms with van der Waals surface area (Å²) >= 11 is 5.94. The molecule has 1 aliphatic heterocycles. The molecular weight excluding hydrogens is 264 g/mol. The average Bonchev–Trinajstić information content (AvgIpc) is 3.20. The van der Waals surface area contributed by atoms with Gasteiger partial charge in [0.15, 0.2) is 5.82 Å². The molecule has 2 aliphatic rings. The third kappa shape index (κ3) is 1.71. The summed E-state index contributed by atoms with van der Waals surface area (Å²) in [6.45, 7) is 4.03. The number of amides is 1. The van der Waals surface area contributed by atoms with Crippen LogP contribution in [0.3, 0.4) is 0 Å². The van der Waals surface area contributed by atoms with Gasteiger partial charge >= 0.3 is 0 Å². The Morgan fingerprint density at radius 3 is 2.79 bits per heavy atom. The molecule has 1 fully saturated rings. The molecule has 1 aromatic rings. The number of nitrogens with zero attached hydrogens (tertiary/aromatic N) is 4. The van der Waals surface area contributed by atoms with Crippen LogP contribution in [0.25, 0.3) is 0 Å². The summed E-state index contributed by atoms with van der Waals surface area (Å²) in [6.07, 6.45) is 4.59. The van der Waals surface area contributed by atoms with Gasteiger partial charge in [-0.15, -0.1) is 0 Å². The second kappa shape index (κ2) is 4.07. The fourth-order valence-corrected chi connectivity index (χ4v) is 2.93. The lowest BCUT2D eigenvalue weighted by atomic mass is 9.91. The molecule has 1 saturated carbocycles. The van der Waals surface area contributed by atoms with Gasteiger partial charge in [0.1, 0.15) is 11.2 Å². The first kappa shape index (κ1) is 12.7. The van der Waals surface area contributed by atoms with E-state index in [1.807, 2.05) is 13.8 Å². The summed E-state index contributed by atoms with van der Waals surface area (Å²) in [5, 5.41) is 0.227. The van der Waals surface area contributed by atoms with E-state index in [1.165, 1.54) is 0 Å². The van der Waals surface area contributed by atoms with Gasteiger partial charge in [0.05, 0.1) is 6.20 Å². The Hall–Kier alpha value is -1.36. The monoisotopic (exact) mass is 280 g/mol. The summed E-state index contributed by atoms with van der Waals surface area (Å²) in [4.78, 5) is 24.8. The number of halogens is 1. The fraction of sp³-hybridized carbons (Fsp3) is 0.615. The number of rotatable bonds is 2. The largest absolute Gasteiger partial charge is 0.337 e. The molecule has 6 heteroatoms. The van der Waals surface area contributed by atoms with Gasteiger partial charge in [-0.1, -0.05) is 6.92 Å². The summed E-state index contributed by atoms with van der Waals surface area (Å²) in [6, 6.07) is 0.396. The van der Waals surface area contributed by atoms with Gasteiger partial charge in [0.25, 0.3) is 5.91 Å². The molecule has 0 spiro atoms. The molecule has 0 bridgehead atoms. The van der Waals surface area contributed by atoms with E-state index < -0.39 is 5.54 Å². The zero-order chi connectivity index (χ0) is 13.8. The van der Waals surface area contributed by atoms with Gasteiger partial charge in [0, 0.05) is 13.1 Å². The molecule has 0 unspecified atom stereocenters. The molecule has 0 aromatic carbocycles. The molecule has 1 aromatic heterocycles. The van der Waals surface area contributed by atoms with Crippen LogP contribution >= 0.6 is 11.6 Å². The number of anilines is 2. The predicted molar refractivity (Wildman–Crippen MR) is 74.6 cm³/mol. The molecule has 1 amide bonds. The van der Waals surface area contributed by atoms with Crippen LogP contribution in [-0.4, -0.2) is 34.5 Å². The minimum Gasteiger partial charge on any atom is -0.337 e. The Balaban J connectivity index is 2.20. The predicted octanol–water partition coefficient (Wildman–Crippen LogP) is 2.24. The number of hydrogen-bond donors (Lipinski definition) is 0. The molecule has 3 rings (SSSR count). The van der Waals surface area contributed by atoms with Crippen molar-refractivity contribution < 1.29 is 4.79 Å². The van der Waals surface area contributed by atoms with Crippen molar-refractivity contribution in [3.05, 3.63) is 11.5 Å². The van der Waals surface area contributed by atoms with Crippen LogP contribution in [0.5, 0.6) is 0 Å². The van der Waals surface area contributed by atoms with Gasteiger partial charge in [0.2, 0.25) is 5.28 Å². The molecular formula is C13H17ClN4O. The first-order valence-electron chi connectivity index (χ1n) is 6.59. The highest BCUT2D eigenvalue weighted by Crippen LogP contribution is 2.46. The van der Waals surface area contributed by atoms with E-state index in [9.17, 15) is 4.79 Å². The van der Waals surface area contributed by atoms with Gasteiger partial charge < -0.3 is 9.80 Å². The average molecular weight is 281 g/mol. The lowest BCUT2D eigenvalue weighted by molar-refractivity contribution is -0.123. The summed E-state index contributed by atoms with van der Waals surface area (Å²) in [5.74, 6) is 0.884. The Kier molecular flexibility index (Phi) is 2.71. The van der Waals surface area contributed by atoms with Crippen LogP contribution < -0.4 is 9.80 Å². The molecule has 0 N–H and O–H groups in total. The van der Waals surface area contributed by atoms with Crippen LogP contribution in [0.2, 0.25) is 5.28 Å². The van der Waals surface area contributed by atoms with Crippen molar-refractivity contribution in [3.63, 3.8) is 0 Å². The van der Waals surface area contributed by atoms with E-state index in [4.69, 9.17) is 11.6 Å². The normalized spacial score (nSPS) is 26.6. The number of likely N-dealkylation sites (N-methyl/N-ethyl adjacent to an activating group) is 1. The number of carbonyl (C=O) groups is 1. The smallest absolute Gasteiger partial charge is 0.252 e. The van der Waals surface area contributed by atoms with Gasteiger partial charge in [-0.25, -0.2) is 4.98 Å². The van der Waals surface area contributed by atoms with Crippen molar-refractivity contribution in [2.45, 2.75) is 44.7 Å². The van der Waals surface area contributed by atoms with Crippen LogP contribution in [0, 0.1) is 0 Å². The topological polar surface area (TPSA) is 49.3 Å². The van der Waals surface area contributed by atoms with Gasteiger partial charge in [-0.3, -0.25) is 4.79 Å². The summed E-state index contributed by atoms with van der Waals surface area (Å²) in [7, 11) is 1.77. The van der Waals surface area contributed by atoms with Crippen molar-refractivity contribution in [1.29, 1.82) is 0 Å². The number of hydrogen-bond acceptors (Lipinski definition) is 4. The Labute approximate surface area is 117 Å². The first-order valence-corrected chi connectivity index (χ1v) is 6.97. The Morgan fingerprint density at radius 2 is 2.21 bits per heavy atom. The van der Waals surface area contributed by atoms with Gasteiger partial charge in [-0.2, -0.15) is 4.98 Å². The maximum absolute atomic E-state index is 12.7. The van der Waals surface area contributed by atoms with Gasteiger partial charge in [-0.05, 0) is 37.8 Å². The fourth-order valence-electron chi connectivity index (χ4n) is 2.80. The molecule has 19 heavy (non-hydrogen) atoms. The molecule has 5 nitrogen and oxygen atoms in total. The zero-order valence-corrected chi connectivity index (χ0v) is 12.1. The Morgan fingerprint density at radius 1 is 1.53 bits per heavy atom. The van der Waals surface area contributed by atoms with Crippen molar-refractivity contribution >= 4 is 29.0 Å². The zero-order valence-electron chi connectivity index (χ0n) is 11.4. The molecule has 2 heterocycles. The Bertz CT molecular complexity index is 545. The lowest BCUT2D eigenvalue weighted by Crippen LogP contribution is -2.62. The van der Waals surface area contributed by atoms with Crippen LogP contribution in [0.1, 0.15) is 33.1 Å². The number of carbonyl (C=O) groups excluding carboxylic acids is 1. The molecule has 0 saturated heterocycles. The SMILES string of the molecule is CC[C@]1(C)C(=O)N(C)c2cnc(Cl)nc2N1C1CC1. The quantitative estimate of drug-likeness (QED) is 0.780. The van der Waals surface area contributed by atoms with E-state index in [0.29, 0.717) is 6.04 Å². The molecule has 1 aliphatic carbocycles. The second-order valence-corrected chi connectivity index (χ2v) is 5.78. The van der Waals surface area contributed by atoms with Crippen molar-refractivity contribution in [2.75, 3.05) is 16.8 Å². The maximum Gasteiger partial charge on any atom is 0.252 e. The van der Waals surface area contributed by atoms with E-state index >= 15 is 0 Å². The van der Waals surface area contributed by atoms with E-state index in [-0.39, 0.29) is 11.2 Å². The summed E-state index contributed by atoms with van der Waals surface area (Å²) in [5.41, 5.74) is 0.202.